The summed E-state index contributed by atoms with van der Waals surface area (Å²) in [5.74, 6) is -0.361. The first-order chi connectivity index (χ1) is 12.9. The molecule has 0 spiro atoms. The minimum atomic E-state index is -0.636. The Bertz CT molecular complexity index is 848. The van der Waals surface area contributed by atoms with Crippen LogP contribution >= 0.6 is 11.6 Å². The molecule has 1 saturated heterocycles. The Morgan fingerprint density at radius 2 is 1.96 bits per heavy atom. The lowest BCUT2D eigenvalue weighted by atomic mass is 10.1. The Morgan fingerprint density at radius 3 is 2.59 bits per heavy atom. The summed E-state index contributed by atoms with van der Waals surface area (Å²) in [7, 11) is 2.13. The van der Waals surface area contributed by atoms with E-state index in [-0.39, 0.29) is 16.7 Å². The van der Waals surface area contributed by atoms with Gasteiger partial charge in [0.15, 0.2) is 16.7 Å². The predicted octanol–water partition coefficient (Wildman–Crippen LogP) is 2.60. The van der Waals surface area contributed by atoms with Crippen LogP contribution in [0, 0.1) is 6.92 Å². The fourth-order valence-electron chi connectivity index (χ4n) is 3.15. The molecule has 2 aromatic rings. The zero-order chi connectivity index (χ0) is 19.6. The Balaban J connectivity index is 1.91. The molecule has 0 unspecified atom stereocenters. The number of nitrogens with zero attached hydrogens (tertiary/aromatic N) is 4. The highest BCUT2D eigenvalue weighted by Crippen LogP contribution is 2.28. The van der Waals surface area contributed by atoms with Gasteiger partial charge in [-0.2, -0.15) is 0 Å². The van der Waals surface area contributed by atoms with Crippen LogP contribution in [-0.4, -0.2) is 54.0 Å². The summed E-state index contributed by atoms with van der Waals surface area (Å²) >= 11 is 6.19. The summed E-state index contributed by atoms with van der Waals surface area (Å²) in [6.45, 7) is 8.01. The molecule has 1 amide bonds. The zero-order valence-corrected chi connectivity index (χ0v) is 16.7. The predicted molar refractivity (Wildman–Crippen MR) is 109 cm³/mol. The molecular weight excluding hydrogens is 364 g/mol. The van der Waals surface area contributed by atoms with Gasteiger partial charge in [0, 0.05) is 37.6 Å². The van der Waals surface area contributed by atoms with Crippen LogP contribution in [0.4, 0.5) is 17.2 Å². The highest BCUT2D eigenvalue weighted by atomic mass is 35.5. The summed E-state index contributed by atoms with van der Waals surface area (Å²) in [4.78, 5) is 25.1. The smallest absolute Gasteiger partial charge is 0.271 e. The molecule has 1 aromatic carbocycles. The normalized spacial score (nSPS) is 15.0. The van der Waals surface area contributed by atoms with Crippen molar-refractivity contribution >= 4 is 34.7 Å². The van der Waals surface area contributed by atoms with Crippen molar-refractivity contribution in [3.8, 4) is 0 Å². The van der Waals surface area contributed by atoms with Crippen LogP contribution < -0.4 is 16.0 Å². The van der Waals surface area contributed by atoms with Crippen LogP contribution in [0.25, 0.3) is 0 Å². The number of nitrogens with one attached hydrogen (secondary N) is 1. The summed E-state index contributed by atoms with van der Waals surface area (Å²) in [5.41, 5.74) is 9.31. The summed E-state index contributed by atoms with van der Waals surface area (Å²) in [6.07, 6.45) is 0.574. The second kappa shape index (κ2) is 8.10. The Morgan fingerprint density at radius 1 is 1.26 bits per heavy atom. The van der Waals surface area contributed by atoms with Crippen LogP contribution in [0.15, 0.2) is 18.2 Å². The van der Waals surface area contributed by atoms with Crippen molar-refractivity contribution in [1.82, 2.24) is 14.9 Å². The first kappa shape index (κ1) is 19.4. The molecule has 0 saturated carbocycles. The fraction of sp³-hybridized carbons (Fsp3) is 0.421. The SMILES string of the molecule is CCc1nc(C(N)=O)c(Nc2ccc(C)c(N3CCN(C)CC3)c2)nc1Cl. The standard InChI is InChI=1S/C19H25ClN6O/c1-4-14-17(20)24-19(16(23-14)18(21)27)22-13-6-5-12(2)15(11-13)26-9-7-25(3)8-10-26/h5-6,11H,4,7-10H2,1-3H3,(H2,21,27)(H,22,24). The van der Waals surface area contributed by atoms with E-state index in [1.54, 1.807) is 0 Å². The quantitative estimate of drug-likeness (QED) is 0.818. The average molecular weight is 389 g/mol. The van der Waals surface area contributed by atoms with Gasteiger partial charge < -0.3 is 20.9 Å². The van der Waals surface area contributed by atoms with Crippen LogP contribution in [0.5, 0.6) is 0 Å². The van der Waals surface area contributed by atoms with E-state index >= 15 is 0 Å². The number of carbonyl (C=O) groups excluding carboxylic acids is 1. The lowest BCUT2D eigenvalue weighted by Crippen LogP contribution is -2.44. The third kappa shape index (κ3) is 4.31. The van der Waals surface area contributed by atoms with E-state index in [9.17, 15) is 4.79 Å². The number of piperazine rings is 1. The summed E-state index contributed by atoms with van der Waals surface area (Å²) in [6, 6.07) is 6.06. The number of aromatic nitrogens is 2. The minimum Gasteiger partial charge on any atom is -0.369 e. The molecule has 1 aliphatic rings. The van der Waals surface area contributed by atoms with Crippen molar-refractivity contribution in [3.63, 3.8) is 0 Å². The number of anilines is 3. The van der Waals surface area contributed by atoms with Gasteiger partial charge in [0.2, 0.25) is 0 Å². The number of halogens is 1. The number of amides is 1. The lowest BCUT2D eigenvalue weighted by molar-refractivity contribution is 0.0996. The number of nitrogens with two attached hydrogens (primary N) is 1. The van der Waals surface area contributed by atoms with E-state index in [0.717, 1.165) is 37.6 Å². The number of carbonyl (C=O) groups is 1. The van der Waals surface area contributed by atoms with Gasteiger partial charge in [0.05, 0.1) is 5.69 Å². The van der Waals surface area contributed by atoms with Crippen LogP contribution in [0.2, 0.25) is 5.15 Å². The molecule has 0 atom stereocenters. The van der Waals surface area contributed by atoms with Gasteiger partial charge in [-0.25, -0.2) is 9.97 Å². The number of hydrogen-bond donors (Lipinski definition) is 2. The molecule has 1 aromatic heterocycles. The van der Waals surface area contributed by atoms with Gasteiger partial charge in [0.25, 0.3) is 5.91 Å². The van der Waals surface area contributed by atoms with Crippen molar-refractivity contribution in [2.75, 3.05) is 43.4 Å². The molecule has 3 N–H and O–H groups in total. The molecule has 2 heterocycles. The van der Waals surface area contributed by atoms with E-state index in [2.05, 4.69) is 51.2 Å². The van der Waals surface area contributed by atoms with Gasteiger partial charge in [0.1, 0.15) is 0 Å². The minimum absolute atomic E-state index is 0.0953. The second-order valence-corrected chi connectivity index (χ2v) is 7.15. The molecule has 8 heteroatoms. The first-order valence-electron chi connectivity index (χ1n) is 9.06. The fourth-order valence-corrected chi connectivity index (χ4v) is 3.41. The zero-order valence-electron chi connectivity index (χ0n) is 15.9. The molecule has 1 fully saturated rings. The summed E-state index contributed by atoms with van der Waals surface area (Å²) in [5, 5.41) is 3.44. The monoisotopic (exact) mass is 388 g/mol. The molecule has 27 heavy (non-hydrogen) atoms. The highest BCUT2D eigenvalue weighted by Gasteiger charge is 2.19. The topological polar surface area (TPSA) is 87.4 Å². The molecule has 1 aliphatic heterocycles. The number of aryl methyl sites for hydroxylation is 2. The molecule has 3 rings (SSSR count). The van der Waals surface area contributed by atoms with Crippen LogP contribution in [-0.2, 0) is 6.42 Å². The Hall–Kier alpha value is -2.38. The van der Waals surface area contributed by atoms with Crippen molar-refractivity contribution in [3.05, 3.63) is 40.3 Å². The van der Waals surface area contributed by atoms with Crippen molar-refractivity contribution in [1.29, 1.82) is 0 Å². The van der Waals surface area contributed by atoms with Crippen molar-refractivity contribution in [2.45, 2.75) is 20.3 Å². The Labute approximate surface area is 164 Å². The molecule has 7 nitrogen and oxygen atoms in total. The molecule has 0 bridgehead atoms. The maximum absolute atomic E-state index is 11.8. The third-order valence-electron chi connectivity index (χ3n) is 4.80. The first-order valence-corrected chi connectivity index (χ1v) is 9.44. The summed E-state index contributed by atoms with van der Waals surface area (Å²) < 4.78 is 0. The van der Waals surface area contributed by atoms with E-state index in [0.29, 0.717) is 12.1 Å². The maximum Gasteiger partial charge on any atom is 0.271 e. The maximum atomic E-state index is 11.8. The molecular formula is C19H25ClN6O. The van der Waals surface area contributed by atoms with Crippen molar-refractivity contribution < 1.29 is 4.79 Å². The van der Waals surface area contributed by atoms with Gasteiger partial charge >= 0.3 is 0 Å². The van der Waals surface area contributed by atoms with E-state index in [4.69, 9.17) is 17.3 Å². The van der Waals surface area contributed by atoms with E-state index < -0.39 is 5.91 Å². The van der Waals surface area contributed by atoms with Gasteiger partial charge in [-0.15, -0.1) is 0 Å². The number of rotatable bonds is 5. The lowest BCUT2D eigenvalue weighted by Gasteiger charge is -2.35. The van der Waals surface area contributed by atoms with Gasteiger partial charge in [-0.05, 0) is 38.1 Å². The van der Waals surface area contributed by atoms with Crippen LogP contribution in [0.3, 0.4) is 0 Å². The van der Waals surface area contributed by atoms with Gasteiger partial charge in [-0.1, -0.05) is 24.6 Å². The third-order valence-corrected chi connectivity index (χ3v) is 5.11. The van der Waals surface area contributed by atoms with Gasteiger partial charge in [-0.3, -0.25) is 4.79 Å². The Kier molecular flexibility index (Phi) is 5.82. The average Bonchev–Trinajstić information content (AvgIpc) is 2.64. The van der Waals surface area contributed by atoms with E-state index in [1.807, 2.05) is 13.0 Å². The van der Waals surface area contributed by atoms with Crippen LogP contribution in [0.1, 0.15) is 28.7 Å². The second-order valence-electron chi connectivity index (χ2n) is 6.79. The van der Waals surface area contributed by atoms with Crippen molar-refractivity contribution in [2.24, 2.45) is 5.73 Å². The molecule has 144 valence electrons. The number of primary amides is 1. The highest BCUT2D eigenvalue weighted by molar-refractivity contribution is 6.30. The largest absolute Gasteiger partial charge is 0.369 e. The number of hydrogen-bond acceptors (Lipinski definition) is 6. The molecule has 0 radical (unpaired) electrons. The number of benzene rings is 1. The molecule has 0 aliphatic carbocycles. The van der Waals surface area contributed by atoms with E-state index in [1.165, 1.54) is 5.56 Å². The number of likely N-dealkylation sites (N-methyl/N-ethyl adjacent to an activating group) is 1.